The standard InChI is InChI=1S/C11H25N3O2S/c1-6-14(10-11(2)3)17(15,16)13(5)9-7-8-12-4/h12H,2,6-10H2,1,3-5H3. The van der Waals surface area contributed by atoms with Gasteiger partial charge in [-0.25, -0.2) is 0 Å². The van der Waals surface area contributed by atoms with Crippen molar-refractivity contribution < 1.29 is 8.42 Å². The third-order valence-electron chi connectivity index (χ3n) is 2.42. The van der Waals surface area contributed by atoms with Crippen molar-refractivity contribution in [1.29, 1.82) is 0 Å². The zero-order chi connectivity index (χ0) is 13.5. The van der Waals surface area contributed by atoms with E-state index in [4.69, 9.17) is 0 Å². The van der Waals surface area contributed by atoms with Crippen LogP contribution in [0.2, 0.25) is 0 Å². The number of nitrogens with one attached hydrogen (secondary N) is 1. The normalized spacial score (nSPS) is 12.4. The smallest absolute Gasteiger partial charge is 0.282 e. The lowest BCUT2D eigenvalue weighted by molar-refractivity contribution is 0.378. The second-order valence-corrected chi connectivity index (χ2v) is 6.21. The van der Waals surface area contributed by atoms with Crippen molar-refractivity contribution >= 4 is 10.2 Å². The van der Waals surface area contributed by atoms with E-state index >= 15 is 0 Å². The van der Waals surface area contributed by atoms with Crippen LogP contribution in [-0.2, 0) is 10.2 Å². The molecule has 0 aromatic carbocycles. The summed E-state index contributed by atoms with van der Waals surface area (Å²) >= 11 is 0. The lowest BCUT2D eigenvalue weighted by Crippen LogP contribution is -2.43. The lowest BCUT2D eigenvalue weighted by atomic mass is 10.3. The molecule has 0 radical (unpaired) electrons. The Morgan fingerprint density at radius 1 is 1.41 bits per heavy atom. The highest BCUT2D eigenvalue weighted by Gasteiger charge is 2.24. The molecule has 1 N–H and O–H groups in total. The maximum absolute atomic E-state index is 12.2. The fourth-order valence-electron chi connectivity index (χ4n) is 1.45. The van der Waals surface area contributed by atoms with Crippen LogP contribution in [-0.4, -0.2) is 57.3 Å². The van der Waals surface area contributed by atoms with Gasteiger partial charge in [0.1, 0.15) is 0 Å². The molecule has 0 fully saturated rings. The van der Waals surface area contributed by atoms with Gasteiger partial charge in [0.05, 0.1) is 0 Å². The third kappa shape index (κ3) is 5.63. The highest BCUT2D eigenvalue weighted by molar-refractivity contribution is 7.86. The second-order valence-electron chi connectivity index (χ2n) is 4.17. The molecule has 17 heavy (non-hydrogen) atoms. The minimum atomic E-state index is -3.35. The van der Waals surface area contributed by atoms with E-state index in [1.54, 1.807) is 7.05 Å². The molecule has 0 aromatic rings. The highest BCUT2D eigenvalue weighted by Crippen LogP contribution is 2.08. The number of nitrogens with zero attached hydrogens (tertiary/aromatic N) is 2. The topological polar surface area (TPSA) is 52.7 Å². The Hall–Kier alpha value is -0.430. The van der Waals surface area contributed by atoms with Gasteiger partial charge in [-0.05, 0) is 26.9 Å². The number of rotatable bonds is 9. The van der Waals surface area contributed by atoms with Crippen LogP contribution in [0.15, 0.2) is 12.2 Å². The van der Waals surface area contributed by atoms with E-state index < -0.39 is 10.2 Å². The Kier molecular flexibility index (Phi) is 7.61. The molecule has 0 bridgehead atoms. The van der Waals surface area contributed by atoms with Crippen LogP contribution >= 0.6 is 0 Å². The first-order valence-corrected chi connectivity index (χ1v) is 7.26. The minimum Gasteiger partial charge on any atom is -0.320 e. The van der Waals surface area contributed by atoms with Crippen LogP contribution in [0.3, 0.4) is 0 Å². The van der Waals surface area contributed by atoms with Crippen LogP contribution < -0.4 is 5.32 Å². The Morgan fingerprint density at radius 2 is 2.00 bits per heavy atom. The summed E-state index contributed by atoms with van der Waals surface area (Å²) in [7, 11) is 0.124. The SMILES string of the molecule is C=C(C)CN(CC)S(=O)(=O)N(C)CCCNC. The van der Waals surface area contributed by atoms with E-state index in [-0.39, 0.29) is 0 Å². The van der Waals surface area contributed by atoms with Gasteiger partial charge in [-0.15, -0.1) is 0 Å². The largest absolute Gasteiger partial charge is 0.320 e. The summed E-state index contributed by atoms with van der Waals surface area (Å²) in [6, 6.07) is 0. The van der Waals surface area contributed by atoms with E-state index in [9.17, 15) is 8.42 Å². The first-order valence-electron chi connectivity index (χ1n) is 5.86. The maximum Gasteiger partial charge on any atom is 0.282 e. The van der Waals surface area contributed by atoms with Crippen molar-refractivity contribution in [3.05, 3.63) is 12.2 Å². The molecule has 0 spiro atoms. The van der Waals surface area contributed by atoms with Crippen LogP contribution in [0.5, 0.6) is 0 Å². The summed E-state index contributed by atoms with van der Waals surface area (Å²) in [6.07, 6.45) is 0.802. The summed E-state index contributed by atoms with van der Waals surface area (Å²) in [5, 5.41) is 3.00. The molecule has 0 aliphatic rings. The molecule has 0 aromatic heterocycles. The average molecular weight is 263 g/mol. The van der Waals surface area contributed by atoms with Gasteiger partial charge in [0.15, 0.2) is 0 Å². The Balaban J connectivity index is 4.55. The van der Waals surface area contributed by atoms with Crippen molar-refractivity contribution in [2.24, 2.45) is 0 Å². The highest BCUT2D eigenvalue weighted by atomic mass is 32.2. The van der Waals surface area contributed by atoms with Crippen molar-refractivity contribution in [2.45, 2.75) is 20.3 Å². The van der Waals surface area contributed by atoms with Gasteiger partial charge in [0.2, 0.25) is 0 Å². The fraction of sp³-hybridized carbons (Fsp3) is 0.818. The summed E-state index contributed by atoms with van der Waals surface area (Å²) in [4.78, 5) is 0. The van der Waals surface area contributed by atoms with Crippen molar-refractivity contribution in [3.8, 4) is 0 Å². The quantitative estimate of drug-likeness (QED) is 0.491. The van der Waals surface area contributed by atoms with Gasteiger partial charge < -0.3 is 5.32 Å². The first kappa shape index (κ1) is 16.6. The maximum atomic E-state index is 12.2. The van der Waals surface area contributed by atoms with Crippen molar-refractivity contribution in [1.82, 2.24) is 13.9 Å². The van der Waals surface area contributed by atoms with E-state index in [0.717, 1.165) is 18.5 Å². The van der Waals surface area contributed by atoms with E-state index in [1.165, 1.54) is 8.61 Å². The zero-order valence-electron chi connectivity index (χ0n) is 11.4. The van der Waals surface area contributed by atoms with Crippen LogP contribution in [0.1, 0.15) is 20.3 Å². The fourth-order valence-corrected chi connectivity index (χ4v) is 2.91. The summed E-state index contributed by atoms with van der Waals surface area (Å²) in [5.74, 6) is 0. The molecular weight excluding hydrogens is 238 g/mol. The summed E-state index contributed by atoms with van der Waals surface area (Å²) in [5.41, 5.74) is 0.846. The number of hydrogen-bond acceptors (Lipinski definition) is 3. The Bertz CT molecular complexity index is 328. The molecular formula is C11H25N3O2S. The second kappa shape index (κ2) is 7.81. The molecule has 102 valence electrons. The van der Waals surface area contributed by atoms with Crippen LogP contribution in [0.25, 0.3) is 0 Å². The van der Waals surface area contributed by atoms with Crippen LogP contribution in [0.4, 0.5) is 0 Å². The van der Waals surface area contributed by atoms with E-state index in [2.05, 4.69) is 11.9 Å². The predicted octanol–water partition coefficient (Wildman–Crippen LogP) is 0.671. The lowest BCUT2D eigenvalue weighted by Gasteiger charge is -2.26. The van der Waals surface area contributed by atoms with Gasteiger partial charge in [-0.2, -0.15) is 17.0 Å². The molecule has 0 atom stereocenters. The van der Waals surface area contributed by atoms with E-state index in [0.29, 0.717) is 19.6 Å². The van der Waals surface area contributed by atoms with Gasteiger partial charge in [-0.1, -0.05) is 19.1 Å². The van der Waals surface area contributed by atoms with Gasteiger partial charge in [0.25, 0.3) is 10.2 Å². The molecule has 0 amide bonds. The molecule has 0 unspecified atom stereocenters. The molecule has 0 aliphatic heterocycles. The molecule has 0 saturated heterocycles. The summed E-state index contributed by atoms with van der Waals surface area (Å²) in [6.45, 7) is 9.61. The summed E-state index contributed by atoms with van der Waals surface area (Å²) < 4.78 is 27.2. The van der Waals surface area contributed by atoms with Gasteiger partial charge in [-0.3, -0.25) is 0 Å². The molecule has 0 rings (SSSR count). The number of likely N-dealkylation sites (N-methyl/N-ethyl adjacent to an activating group) is 1. The molecule has 6 heteroatoms. The monoisotopic (exact) mass is 263 g/mol. The molecule has 0 heterocycles. The van der Waals surface area contributed by atoms with E-state index in [1.807, 2.05) is 20.9 Å². The molecule has 5 nitrogen and oxygen atoms in total. The minimum absolute atomic E-state index is 0.384. The number of hydrogen-bond donors (Lipinski definition) is 1. The Morgan fingerprint density at radius 3 is 2.41 bits per heavy atom. The van der Waals surface area contributed by atoms with Gasteiger partial charge in [0, 0.05) is 26.7 Å². The molecule has 0 aliphatic carbocycles. The van der Waals surface area contributed by atoms with Crippen molar-refractivity contribution in [2.75, 3.05) is 40.3 Å². The predicted molar refractivity (Wildman–Crippen MR) is 72.2 cm³/mol. The first-order chi connectivity index (χ1) is 7.86. The van der Waals surface area contributed by atoms with Gasteiger partial charge >= 0.3 is 0 Å². The zero-order valence-corrected chi connectivity index (χ0v) is 12.2. The van der Waals surface area contributed by atoms with Crippen molar-refractivity contribution in [3.63, 3.8) is 0 Å². The Labute approximate surface area is 106 Å². The third-order valence-corrected chi connectivity index (χ3v) is 4.43. The molecule has 0 saturated carbocycles. The average Bonchev–Trinajstić information content (AvgIpc) is 2.25. The van der Waals surface area contributed by atoms with Crippen LogP contribution in [0, 0.1) is 0 Å².